The molecule has 0 amide bonds. The molecule has 1 fully saturated rings. The van der Waals surface area contributed by atoms with E-state index in [0.717, 1.165) is 38.6 Å². The zero-order valence-electron chi connectivity index (χ0n) is 6.70. The third kappa shape index (κ3) is 2.99. The van der Waals surface area contributed by atoms with Crippen LogP contribution in [0.15, 0.2) is 0 Å². The van der Waals surface area contributed by atoms with Crippen molar-refractivity contribution in [3.05, 3.63) is 0 Å². The largest absolute Gasteiger partial charge is 0.393 e. The van der Waals surface area contributed by atoms with Crippen molar-refractivity contribution in [2.75, 3.05) is 19.6 Å². The number of carbonyl (C=O) groups is 1. The molecule has 0 aromatic carbocycles. The van der Waals surface area contributed by atoms with Crippen molar-refractivity contribution in [3.63, 3.8) is 0 Å². The first kappa shape index (κ1) is 8.68. The van der Waals surface area contributed by atoms with E-state index in [0.29, 0.717) is 6.54 Å². The molecule has 0 aromatic heterocycles. The van der Waals surface area contributed by atoms with Crippen LogP contribution >= 0.6 is 0 Å². The lowest BCUT2D eigenvalue weighted by molar-refractivity contribution is -0.108. The van der Waals surface area contributed by atoms with Crippen LogP contribution in [0.2, 0.25) is 0 Å². The standard InChI is InChI=1S/C8H15NO2/c10-7-6-9-4-1-2-8(11)3-5-9/h7-8,11H,1-6H2. The minimum absolute atomic E-state index is 0.147. The summed E-state index contributed by atoms with van der Waals surface area (Å²) in [6, 6.07) is 0. The minimum Gasteiger partial charge on any atom is -0.393 e. The molecular weight excluding hydrogens is 142 g/mol. The van der Waals surface area contributed by atoms with E-state index >= 15 is 0 Å². The van der Waals surface area contributed by atoms with Crippen molar-refractivity contribution in [2.24, 2.45) is 0 Å². The Kier molecular flexibility index (Phi) is 3.52. The van der Waals surface area contributed by atoms with Gasteiger partial charge in [0.15, 0.2) is 0 Å². The lowest BCUT2D eigenvalue weighted by atomic mass is 10.2. The van der Waals surface area contributed by atoms with E-state index < -0.39 is 0 Å². The van der Waals surface area contributed by atoms with Crippen LogP contribution in [0.25, 0.3) is 0 Å². The van der Waals surface area contributed by atoms with Gasteiger partial charge >= 0.3 is 0 Å². The van der Waals surface area contributed by atoms with Crippen LogP contribution in [0.1, 0.15) is 19.3 Å². The summed E-state index contributed by atoms with van der Waals surface area (Å²) >= 11 is 0. The molecule has 1 rings (SSSR count). The summed E-state index contributed by atoms with van der Waals surface area (Å²) in [5.41, 5.74) is 0. The lowest BCUT2D eigenvalue weighted by Gasteiger charge is -2.15. The quantitative estimate of drug-likeness (QED) is 0.575. The van der Waals surface area contributed by atoms with Gasteiger partial charge in [0.05, 0.1) is 12.6 Å². The van der Waals surface area contributed by atoms with Crippen molar-refractivity contribution >= 4 is 6.29 Å². The molecule has 0 aliphatic carbocycles. The number of rotatable bonds is 2. The van der Waals surface area contributed by atoms with E-state index in [1.165, 1.54) is 0 Å². The fourth-order valence-electron chi connectivity index (χ4n) is 1.43. The molecule has 1 heterocycles. The van der Waals surface area contributed by atoms with E-state index in [2.05, 4.69) is 4.90 Å². The molecule has 64 valence electrons. The van der Waals surface area contributed by atoms with Crippen LogP contribution in [-0.2, 0) is 4.79 Å². The van der Waals surface area contributed by atoms with Crippen LogP contribution < -0.4 is 0 Å². The Morgan fingerprint density at radius 3 is 3.00 bits per heavy atom. The SMILES string of the molecule is O=CCN1CCCC(O)CC1. The molecule has 1 aliphatic heterocycles. The zero-order chi connectivity index (χ0) is 8.10. The van der Waals surface area contributed by atoms with E-state index in [1.54, 1.807) is 0 Å². The van der Waals surface area contributed by atoms with Crippen molar-refractivity contribution in [2.45, 2.75) is 25.4 Å². The summed E-state index contributed by atoms with van der Waals surface area (Å²) in [7, 11) is 0. The Hall–Kier alpha value is -0.410. The molecule has 1 saturated heterocycles. The molecule has 1 atom stereocenters. The van der Waals surface area contributed by atoms with Gasteiger partial charge in [-0.3, -0.25) is 4.90 Å². The molecule has 0 bridgehead atoms. The van der Waals surface area contributed by atoms with Gasteiger partial charge in [-0.25, -0.2) is 0 Å². The second-order valence-corrected chi connectivity index (χ2v) is 3.05. The predicted octanol–water partition coefficient (Wildman–Crippen LogP) is 0.0321. The number of aliphatic hydroxyl groups is 1. The number of nitrogens with zero attached hydrogens (tertiary/aromatic N) is 1. The van der Waals surface area contributed by atoms with Crippen molar-refractivity contribution < 1.29 is 9.90 Å². The fourth-order valence-corrected chi connectivity index (χ4v) is 1.43. The molecule has 1 N–H and O–H groups in total. The molecule has 0 saturated carbocycles. The summed E-state index contributed by atoms with van der Waals surface area (Å²) < 4.78 is 0. The summed E-state index contributed by atoms with van der Waals surface area (Å²) in [5, 5.41) is 9.26. The van der Waals surface area contributed by atoms with Crippen molar-refractivity contribution in [1.82, 2.24) is 4.90 Å². The first-order valence-corrected chi connectivity index (χ1v) is 4.17. The van der Waals surface area contributed by atoms with E-state index in [9.17, 15) is 9.90 Å². The maximum absolute atomic E-state index is 10.2. The average Bonchev–Trinajstić information content (AvgIpc) is 2.17. The van der Waals surface area contributed by atoms with Gasteiger partial charge in [0.1, 0.15) is 6.29 Å². The highest BCUT2D eigenvalue weighted by molar-refractivity contribution is 5.51. The van der Waals surface area contributed by atoms with Gasteiger partial charge in [0, 0.05) is 6.54 Å². The molecule has 0 radical (unpaired) electrons. The van der Waals surface area contributed by atoms with E-state index in [4.69, 9.17) is 0 Å². The number of likely N-dealkylation sites (tertiary alicyclic amines) is 1. The Bertz CT molecular complexity index is 127. The highest BCUT2D eigenvalue weighted by atomic mass is 16.3. The second kappa shape index (κ2) is 4.46. The van der Waals surface area contributed by atoms with Crippen LogP contribution in [0, 0.1) is 0 Å². The maximum Gasteiger partial charge on any atom is 0.133 e. The van der Waals surface area contributed by atoms with Gasteiger partial charge in [0.2, 0.25) is 0 Å². The Balaban J connectivity index is 2.27. The highest BCUT2D eigenvalue weighted by Gasteiger charge is 2.13. The third-order valence-corrected chi connectivity index (χ3v) is 2.12. The molecule has 3 heteroatoms. The summed E-state index contributed by atoms with van der Waals surface area (Å²) in [4.78, 5) is 12.2. The number of carbonyl (C=O) groups excluding carboxylic acids is 1. The highest BCUT2D eigenvalue weighted by Crippen LogP contribution is 2.09. The molecule has 3 nitrogen and oxygen atoms in total. The number of hydrogen-bond donors (Lipinski definition) is 1. The van der Waals surface area contributed by atoms with Crippen LogP contribution in [-0.4, -0.2) is 42.0 Å². The third-order valence-electron chi connectivity index (χ3n) is 2.12. The fraction of sp³-hybridized carbons (Fsp3) is 0.875. The molecule has 0 aromatic rings. The molecular formula is C8H15NO2. The molecule has 0 spiro atoms. The smallest absolute Gasteiger partial charge is 0.133 e. The number of aldehydes is 1. The van der Waals surface area contributed by atoms with Crippen molar-refractivity contribution in [1.29, 1.82) is 0 Å². The second-order valence-electron chi connectivity index (χ2n) is 3.05. The molecule has 1 unspecified atom stereocenters. The number of hydrogen-bond acceptors (Lipinski definition) is 3. The first-order chi connectivity index (χ1) is 5.33. The predicted molar refractivity (Wildman–Crippen MR) is 42.4 cm³/mol. The van der Waals surface area contributed by atoms with Crippen LogP contribution in [0.3, 0.4) is 0 Å². The van der Waals surface area contributed by atoms with Gasteiger partial charge < -0.3 is 9.90 Å². The zero-order valence-corrected chi connectivity index (χ0v) is 6.70. The van der Waals surface area contributed by atoms with Gasteiger partial charge in [-0.15, -0.1) is 0 Å². The van der Waals surface area contributed by atoms with Gasteiger partial charge in [-0.1, -0.05) is 0 Å². The molecule has 11 heavy (non-hydrogen) atoms. The van der Waals surface area contributed by atoms with E-state index in [1.807, 2.05) is 0 Å². The Labute approximate surface area is 67.0 Å². The number of aliphatic hydroxyl groups excluding tert-OH is 1. The average molecular weight is 157 g/mol. The topological polar surface area (TPSA) is 40.5 Å². The van der Waals surface area contributed by atoms with Gasteiger partial charge in [0.25, 0.3) is 0 Å². The summed E-state index contributed by atoms with van der Waals surface area (Å²) in [6.45, 7) is 2.34. The van der Waals surface area contributed by atoms with Gasteiger partial charge in [-0.05, 0) is 25.8 Å². The van der Waals surface area contributed by atoms with Crippen LogP contribution in [0.4, 0.5) is 0 Å². The summed E-state index contributed by atoms with van der Waals surface area (Å²) in [5.74, 6) is 0. The first-order valence-electron chi connectivity index (χ1n) is 4.17. The Morgan fingerprint density at radius 1 is 1.45 bits per heavy atom. The lowest BCUT2D eigenvalue weighted by Crippen LogP contribution is -2.26. The van der Waals surface area contributed by atoms with Gasteiger partial charge in [-0.2, -0.15) is 0 Å². The normalized spacial score (nSPS) is 27.9. The minimum atomic E-state index is -0.147. The maximum atomic E-state index is 10.2. The van der Waals surface area contributed by atoms with E-state index in [-0.39, 0.29) is 6.10 Å². The molecule has 1 aliphatic rings. The monoisotopic (exact) mass is 157 g/mol. The Morgan fingerprint density at radius 2 is 2.27 bits per heavy atom. The summed E-state index contributed by atoms with van der Waals surface area (Å²) in [6.07, 6.45) is 3.49. The van der Waals surface area contributed by atoms with Crippen molar-refractivity contribution in [3.8, 4) is 0 Å². The van der Waals surface area contributed by atoms with Crippen LogP contribution in [0.5, 0.6) is 0 Å².